The van der Waals surface area contributed by atoms with Crippen LogP contribution in [-0.2, 0) is 33.8 Å². The summed E-state index contributed by atoms with van der Waals surface area (Å²) < 4.78 is 18.8. The number of methoxy groups -OCH3 is 2. The number of nitrogens with one attached hydrogen (secondary N) is 1. The second-order valence-electron chi connectivity index (χ2n) is 10.6. The predicted octanol–water partition coefficient (Wildman–Crippen LogP) is 6.51. The molecule has 0 aliphatic heterocycles. The van der Waals surface area contributed by atoms with E-state index in [0.717, 1.165) is 34.1 Å². The molecule has 8 heteroatoms. The van der Waals surface area contributed by atoms with Crippen LogP contribution >= 0.6 is 0 Å². The number of aryl methyl sites for hydroxylation is 1. The lowest BCUT2D eigenvalue weighted by atomic mass is 10.00. The number of carbonyl (C=O) groups excluding carboxylic acids is 2. The summed E-state index contributed by atoms with van der Waals surface area (Å²) in [5.41, 5.74) is 5.58. The van der Waals surface area contributed by atoms with E-state index in [1.807, 2.05) is 91.9 Å². The molecule has 1 heterocycles. The van der Waals surface area contributed by atoms with E-state index in [4.69, 9.17) is 19.2 Å². The number of benzene rings is 4. The zero-order valence-corrected chi connectivity index (χ0v) is 25.7. The largest absolute Gasteiger partial charge is 0.493 e. The van der Waals surface area contributed by atoms with Crippen LogP contribution in [0, 0.1) is 6.92 Å². The van der Waals surface area contributed by atoms with Gasteiger partial charge in [-0.1, -0.05) is 84.9 Å². The molecule has 0 aliphatic rings. The molecular weight excluding hydrogens is 566 g/mol. The number of para-hydroxylation sites is 1. The lowest BCUT2D eigenvalue weighted by molar-refractivity contribution is -0.141. The van der Waals surface area contributed by atoms with Gasteiger partial charge in [-0.15, -0.1) is 0 Å². The Morgan fingerprint density at radius 3 is 2.20 bits per heavy atom. The van der Waals surface area contributed by atoms with Gasteiger partial charge in [0, 0.05) is 48.0 Å². The Kier molecular flexibility index (Phi) is 10.4. The molecule has 0 saturated carbocycles. The lowest BCUT2D eigenvalue weighted by Crippen LogP contribution is -2.33. The number of aromatic nitrogens is 2. The molecule has 0 bridgehead atoms. The summed E-state index contributed by atoms with van der Waals surface area (Å²) in [6, 6.07) is 33.3. The Bertz CT molecular complexity index is 1720. The van der Waals surface area contributed by atoms with Crippen LogP contribution in [0.3, 0.4) is 0 Å². The fraction of sp³-hybridized carbons (Fsp3) is 0.216. The van der Waals surface area contributed by atoms with E-state index >= 15 is 0 Å². The van der Waals surface area contributed by atoms with Crippen LogP contribution in [0.15, 0.2) is 109 Å². The molecule has 5 aromatic rings. The molecule has 1 aromatic heterocycles. The lowest BCUT2D eigenvalue weighted by Gasteiger charge is -2.20. The summed E-state index contributed by atoms with van der Waals surface area (Å²) in [5.74, 6) is 1.05. The molecule has 1 N–H and O–H groups in total. The number of ketones is 1. The topological polar surface area (TPSA) is 91.7 Å². The average molecular weight is 604 g/mol. The molecule has 0 spiro atoms. The van der Waals surface area contributed by atoms with Crippen molar-refractivity contribution in [1.82, 2.24) is 9.55 Å². The minimum absolute atomic E-state index is 0.124. The third kappa shape index (κ3) is 7.66. The van der Waals surface area contributed by atoms with Crippen molar-refractivity contribution in [2.45, 2.75) is 32.5 Å². The predicted molar refractivity (Wildman–Crippen MR) is 174 cm³/mol. The second kappa shape index (κ2) is 15.0. The quantitative estimate of drug-likeness (QED) is 0.114. The summed E-state index contributed by atoms with van der Waals surface area (Å²) in [6.07, 6.45) is 1.02. The molecule has 4 aromatic carbocycles. The fourth-order valence-electron chi connectivity index (χ4n) is 5.30. The van der Waals surface area contributed by atoms with Gasteiger partial charge in [0.2, 0.25) is 0 Å². The van der Waals surface area contributed by atoms with Crippen molar-refractivity contribution in [3.05, 3.63) is 137 Å². The van der Waals surface area contributed by atoms with Crippen LogP contribution in [0.5, 0.6) is 5.75 Å². The van der Waals surface area contributed by atoms with E-state index < -0.39 is 12.0 Å². The molecule has 0 saturated heterocycles. The van der Waals surface area contributed by atoms with E-state index in [-0.39, 0.29) is 5.78 Å². The Hall–Kier alpha value is -5.21. The first-order chi connectivity index (χ1) is 22.0. The minimum atomic E-state index is -0.700. The number of carbonyl (C=O) groups is 2. The van der Waals surface area contributed by atoms with E-state index in [1.54, 1.807) is 31.4 Å². The van der Waals surface area contributed by atoms with Gasteiger partial charge in [0.05, 0.1) is 19.4 Å². The highest BCUT2D eigenvalue weighted by atomic mass is 16.5. The van der Waals surface area contributed by atoms with Gasteiger partial charge < -0.3 is 24.1 Å². The smallest absolute Gasteiger partial charge is 0.328 e. The van der Waals surface area contributed by atoms with Crippen molar-refractivity contribution in [3.63, 3.8) is 0 Å². The Morgan fingerprint density at radius 2 is 1.51 bits per heavy atom. The Labute approximate surface area is 263 Å². The number of hydrogen-bond acceptors (Lipinski definition) is 7. The fourth-order valence-corrected chi connectivity index (χ4v) is 5.30. The highest BCUT2D eigenvalue weighted by Crippen LogP contribution is 2.24. The Balaban J connectivity index is 1.24. The molecule has 1 atom stereocenters. The summed E-state index contributed by atoms with van der Waals surface area (Å²) in [7, 11) is 3.04. The molecule has 0 aliphatic carbocycles. The van der Waals surface area contributed by atoms with Crippen molar-refractivity contribution in [3.8, 4) is 17.1 Å². The molecule has 0 fully saturated rings. The summed E-state index contributed by atoms with van der Waals surface area (Å²) in [5, 5.41) is 3.25. The molecule has 5 rings (SSSR count). The van der Waals surface area contributed by atoms with Crippen molar-refractivity contribution >= 4 is 17.4 Å². The third-order valence-electron chi connectivity index (χ3n) is 7.56. The first-order valence-corrected chi connectivity index (χ1v) is 14.8. The van der Waals surface area contributed by atoms with E-state index in [0.29, 0.717) is 43.0 Å². The maximum absolute atomic E-state index is 13.2. The first-order valence-electron chi connectivity index (χ1n) is 14.8. The number of hydrogen-bond donors (Lipinski definition) is 1. The van der Waals surface area contributed by atoms with E-state index in [9.17, 15) is 9.59 Å². The molecule has 0 radical (unpaired) electrons. The third-order valence-corrected chi connectivity index (χ3v) is 7.56. The van der Waals surface area contributed by atoms with Gasteiger partial charge in [0.25, 0.3) is 0 Å². The zero-order chi connectivity index (χ0) is 31.6. The highest BCUT2D eigenvalue weighted by Gasteiger charge is 2.23. The molecule has 8 nitrogen and oxygen atoms in total. The SMILES string of the molecule is COCn1c(-c2ccccc2)nc(C)c1CCOc1ccc(C[C@H](Nc2ccccc2C(=O)c2ccccc2)C(=O)OC)cc1. The first kappa shape index (κ1) is 31.2. The number of ether oxygens (including phenoxy) is 3. The number of esters is 1. The highest BCUT2D eigenvalue weighted by molar-refractivity contribution is 6.12. The summed E-state index contributed by atoms with van der Waals surface area (Å²) in [4.78, 5) is 30.8. The van der Waals surface area contributed by atoms with E-state index in [1.165, 1.54) is 7.11 Å². The zero-order valence-electron chi connectivity index (χ0n) is 25.7. The monoisotopic (exact) mass is 603 g/mol. The van der Waals surface area contributed by atoms with Gasteiger partial charge in [0.15, 0.2) is 5.78 Å². The standard InChI is InChI=1S/C37H37N3O5/c1-26-34(40(25-43-2)36(38-26)29-14-8-5-9-15-29)22-23-45-30-20-18-27(19-21-30)24-33(37(42)44-3)39-32-17-11-10-16-31(32)35(41)28-12-6-4-7-13-28/h4-21,33,39H,22-25H2,1-3H3/t33-/m0/s1. The van der Waals surface area contributed by atoms with Crippen LogP contribution in [0.1, 0.15) is 32.9 Å². The van der Waals surface area contributed by atoms with Gasteiger partial charge >= 0.3 is 5.97 Å². The number of rotatable bonds is 14. The molecule has 45 heavy (non-hydrogen) atoms. The van der Waals surface area contributed by atoms with Crippen LogP contribution in [0.25, 0.3) is 11.4 Å². The molecule has 0 unspecified atom stereocenters. The Morgan fingerprint density at radius 1 is 0.844 bits per heavy atom. The van der Waals surface area contributed by atoms with Gasteiger partial charge in [-0.25, -0.2) is 9.78 Å². The molecule has 230 valence electrons. The number of imidazole rings is 1. The summed E-state index contributed by atoms with van der Waals surface area (Å²) >= 11 is 0. The van der Waals surface area contributed by atoms with Crippen LogP contribution < -0.4 is 10.1 Å². The van der Waals surface area contributed by atoms with Crippen molar-refractivity contribution in [2.75, 3.05) is 26.1 Å². The van der Waals surface area contributed by atoms with Crippen LogP contribution in [0.4, 0.5) is 5.69 Å². The summed E-state index contributed by atoms with van der Waals surface area (Å²) in [6.45, 7) is 2.86. The maximum Gasteiger partial charge on any atom is 0.328 e. The molecular formula is C37H37N3O5. The van der Waals surface area contributed by atoms with Crippen molar-refractivity contribution in [2.24, 2.45) is 0 Å². The van der Waals surface area contributed by atoms with Gasteiger partial charge in [-0.3, -0.25) is 4.79 Å². The average Bonchev–Trinajstić information content (AvgIpc) is 3.40. The second-order valence-corrected chi connectivity index (χ2v) is 10.6. The van der Waals surface area contributed by atoms with Crippen LogP contribution in [0.2, 0.25) is 0 Å². The van der Waals surface area contributed by atoms with Crippen molar-refractivity contribution < 1.29 is 23.8 Å². The van der Waals surface area contributed by atoms with E-state index in [2.05, 4.69) is 9.88 Å². The number of nitrogens with zero attached hydrogens (tertiary/aromatic N) is 2. The van der Waals surface area contributed by atoms with Crippen molar-refractivity contribution in [1.29, 1.82) is 0 Å². The minimum Gasteiger partial charge on any atom is -0.493 e. The molecule has 0 amide bonds. The van der Waals surface area contributed by atoms with Gasteiger partial charge in [-0.05, 0) is 36.8 Å². The normalized spacial score (nSPS) is 11.5. The number of anilines is 1. The maximum atomic E-state index is 13.2. The van der Waals surface area contributed by atoms with Gasteiger partial charge in [0.1, 0.15) is 24.3 Å². The van der Waals surface area contributed by atoms with Gasteiger partial charge in [-0.2, -0.15) is 0 Å². The van der Waals surface area contributed by atoms with Crippen LogP contribution in [-0.4, -0.2) is 48.2 Å².